The van der Waals surface area contributed by atoms with Crippen LogP contribution in [0.25, 0.3) is 0 Å². The molecule has 0 spiro atoms. The molecule has 1 aliphatic heterocycles. The number of benzene rings is 1. The Morgan fingerprint density at radius 2 is 2.04 bits per heavy atom. The highest BCUT2D eigenvalue weighted by atomic mass is 16.5. The van der Waals surface area contributed by atoms with Crippen molar-refractivity contribution >= 4 is 5.91 Å². The first-order valence-corrected chi connectivity index (χ1v) is 9.17. The molecule has 134 valence electrons. The van der Waals surface area contributed by atoms with Gasteiger partial charge in [0.15, 0.2) is 6.61 Å². The normalized spacial score (nSPS) is 18.0. The molecule has 1 unspecified atom stereocenters. The van der Waals surface area contributed by atoms with E-state index in [2.05, 4.69) is 36.0 Å². The Morgan fingerprint density at radius 3 is 2.80 bits per heavy atom. The van der Waals surface area contributed by atoms with E-state index in [-0.39, 0.29) is 18.6 Å². The molecule has 2 aromatic rings. The van der Waals surface area contributed by atoms with Crippen molar-refractivity contribution in [3.63, 3.8) is 0 Å². The summed E-state index contributed by atoms with van der Waals surface area (Å²) in [4.78, 5) is 15.0. The van der Waals surface area contributed by atoms with E-state index in [0.29, 0.717) is 0 Å². The van der Waals surface area contributed by atoms with Gasteiger partial charge in [-0.1, -0.05) is 25.0 Å². The van der Waals surface area contributed by atoms with Gasteiger partial charge in [-0.15, -0.1) is 0 Å². The quantitative estimate of drug-likeness (QED) is 0.837. The summed E-state index contributed by atoms with van der Waals surface area (Å²) in [5, 5.41) is 0. The molecule has 1 aromatic heterocycles. The van der Waals surface area contributed by atoms with E-state index in [1.54, 1.807) is 0 Å². The summed E-state index contributed by atoms with van der Waals surface area (Å²) >= 11 is 0. The standard InChI is InChI=1S/C21H28N2O2/c1-16-10-11-17(2)20(14-16)25-15-21(24)23-13-6-4-5-8-19(23)18-9-7-12-22(18)3/h7,9-12,14,19H,4-6,8,13,15H2,1-3H3. The van der Waals surface area contributed by atoms with E-state index in [0.717, 1.165) is 42.7 Å². The zero-order chi connectivity index (χ0) is 17.8. The van der Waals surface area contributed by atoms with Crippen molar-refractivity contribution in [2.75, 3.05) is 13.2 Å². The van der Waals surface area contributed by atoms with Crippen molar-refractivity contribution in [2.24, 2.45) is 7.05 Å². The number of aromatic nitrogens is 1. The fraction of sp³-hybridized carbons (Fsp3) is 0.476. The summed E-state index contributed by atoms with van der Waals surface area (Å²) in [5.41, 5.74) is 3.42. The number of amides is 1. The molecule has 4 nitrogen and oxygen atoms in total. The molecule has 0 N–H and O–H groups in total. The van der Waals surface area contributed by atoms with Crippen molar-refractivity contribution in [1.29, 1.82) is 0 Å². The van der Waals surface area contributed by atoms with Crippen LogP contribution in [0.4, 0.5) is 0 Å². The summed E-state index contributed by atoms with van der Waals surface area (Å²) in [7, 11) is 2.05. The lowest BCUT2D eigenvalue weighted by Crippen LogP contribution is -2.38. The van der Waals surface area contributed by atoms with Crippen LogP contribution in [0.1, 0.15) is 48.5 Å². The molecule has 1 amide bonds. The maximum atomic E-state index is 12.9. The van der Waals surface area contributed by atoms with Crippen molar-refractivity contribution < 1.29 is 9.53 Å². The summed E-state index contributed by atoms with van der Waals surface area (Å²) < 4.78 is 8.00. The molecule has 0 saturated carbocycles. The van der Waals surface area contributed by atoms with Gasteiger partial charge in [-0.25, -0.2) is 0 Å². The molecule has 4 heteroatoms. The molecule has 1 atom stereocenters. The first-order valence-electron chi connectivity index (χ1n) is 9.17. The molecule has 0 radical (unpaired) electrons. The summed E-state index contributed by atoms with van der Waals surface area (Å²) in [5.74, 6) is 0.882. The van der Waals surface area contributed by atoms with Gasteiger partial charge in [-0.3, -0.25) is 4.79 Å². The van der Waals surface area contributed by atoms with Gasteiger partial charge in [-0.05, 0) is 56.0 Å². The van der Waals surface area contributed by atoms with Gasteiger partial charge in [0.1, 0.15) is 5.75 Å². The summed E-state index contributed by atoms with van der Waals surface area (Å²) in [6.45, 7) is 4.96. The molecule has 0 bridgehead atoms. The number of aryl methyl sites for hydroxylation is 3. The topological polar surface area (TPSA) is 34.5 Å². The molecule has 1 aromatic carbocycles. The molecule has 2 heterocycles. The van der Waals surface area contributed by atoms with E-state index in [1.807, 2.05) is 30.9 Å². The number of rotatable bonds is 4. The first kappa shape index (κ1) is 17.6. The van der Waals surface area contributed by atoms with E-state index in [4.69, 9.17) is 4.74 Å². The van der Waals surface area contributed by atoms with Crippen LogP contribution in [0.5, 0.6) is 5.75 Å². The van der Waals surface area contributed by atoms with Gasteiger partial charge in [0.2, 0.25) is 0 Å². The Hall–Kier alpha value is -2.23. The second kappa shape index (κ2) is 7.77. The number of hydrogen-bond donors (Lipinski definition) is 0. The molecule has 3 rings (SSSR count). The maximum absolute atomic E-state index is 12.9. The monoisotopic (exact) mass is 340 g/mol. The molecular formula is C21H28N2O2. The van der Waals surface area contributed by atoms with E-state index < -0.39 is 0 Å². The zero-order valence-electron chi connectivity index (χ0n) is 15.5. The number of likely N-dealkylation sites (tertiary alicyclic amines) is 1. The lowest BCUT2D eigenvalue weighted by Gasteiger charge is -2.30. The van der Waals surface area contributed by atoms with E-state index in [1.165, 1.54) is 12.1 Å². The average molecular weight is 340 g/mol. The Labute approximate surface area is 150 Å². The van der Waals surface area contributed by atoms with Crippen molar-refractivity contribution in [3.05, 3.63) is 53.3 Å². The molecular weight excluding hydrogens is 312 g/mol. The van der Waals surface area contributed by atoms with E-state index >= 15 is 0 Å². The van der Waals surface area contributed by atoms with Crippen LogP contribution in [0, 0.1) is 13.8 Å². The number of ether oxygens (including phenoxy) is 1. The molecule has 1 aliphatic rings. The molecule has 25 heavy (non-hydrogen) atoms. The lowest BCUT2D eigenvalue weighted by atomic mass is 10.1. The van der Waals surface area contributed by atoms with Crippen LogP contribution in [0.2, 0.25) is 0 Å². The highest BCUT2D eigenvalue weighted by Crippen LogP contribution is 2.30. The van der Waals surface area contributed by atoms with Crippen LogP contribution in [-0.2, 0) is 11.8 Å². The minimum absolute atomic E-state index is 0.0778. The second-order valence-corrected chi connectivity index (χ2v) is 7.05. The predicted octanol–water partition coefficient (Wildman–Crippen LogP) is 4.16. The third-order valence-electron chi connectivity index (χ3n) is 5.09. The van der Waals surface area contributed by atoms with Crippen LogP contribution in [0.3, 0.4) is 0 Å². The van der Waals surface area contributed by atoms with Gasteiger partial charge in [0, 0.05) is 25.5 Å². The lowest BCUT2D eigenvalue weighted by molar-refractivity contribution is -0.136. The average Bonchev–Trinajstić information content (AvgIpc) is 2.87. The number of carbonyl (C=O) groups excluding carboxylic acids is 1. The highest BCUT2D eigenvalue weighted by molar-refractivity contribution is 5.78. The zero-order valence-corrected chi connectivity index (χ0v) is 15.5. The Bertz CT molecular complexity index is 735. The second-order valence-electron chi connectivity index (χ2n) is 7.05. The fourth-order valence-corrected chi connectivity index (χ4v) is 3.62. The predicted molar refractivity (Wildman–Crippen MR) is 99.7 cm³/mol. The third-order valence-corrected chi connectivity index (χ3v) is 5.09. The van der Waals surface area contributed by atoms with Crippen LogP contribution in [-0.4, -0.2) is 28.5 Å². The van der Waals surface area contributed by atoms with Gasteiger partial charge < -0.3 is 14.2 Å². The smallest absolute Gasteiger partial charge is 0.261 e. The minimum atomic E-state index is 0.0778. The number of nitrogens with zero attached hydrogens (tertiary/aromatic N) is 2. The largest absolute Gasteiger partial charge is 0.483 e. The third kappa shape index (κ3) is 4.06. The Morgan fingerprint density at radius 1 is 1.20 bits per heavy atom. The Kier molecular flexibility index (Phi) is 5.47. The fourth-order valence-electron chi connectivity index (χ4n) is 3.62. The van der Waals surface area contributed by atoms with Gasteiger partial charge >= 0.3 is 0 Å². The number of hydrogen-bond acceptors (Lipinski definition) is 2. The SMILES string of the molecule is Cc1ccc(C)c(OCC(=O)N2CCCCCC2c2cccn2C)c1. The summed E-state index contributed by atoms with van der Waals surface area (Å²) in [6, 6.07) is 10.4. The van der Waals surface area contributed by atoms with E-state index in [9.17, 15) is 4.79 Å². The van der Waals surface area contributed by atoms with Crippen LogP contribution in [0.15, 0.2) is 36.5 Å². The maximum Gasteiger partial charge on any atom is 0.261 e. The van der Waals surface area contributed by atoms with Crippen LogP contribution >= 0.6 is 0 Å². The minimum Gasteiger partial charge on any atom is -0.483 e. The summed E-state index contributed by atoms with van der Waals surface area (Å²) in [6.07, 6.45) is 6.48. The van der Waals surface area contributed by atoms with Gasteiger partial charge in [0.05, 0.1) is 6.04 Å². The van der Waals surface area contributed by atoms with Crippen molar-refractivity contribution in [3.8, 4) is 5.75 Å². The van der Waals surface area contributed by atoms with Crippen LogP contribution < -0.4 is 4.74 Å². The highest BCUT2D eigenvalue weighted by Gasteiger charge is 2.28. The first-order chi connectivity index (χ1) is 12.1. The molecule has 1 fully saturated rings. The van der Waals surface area contributed by atoms with Gasteiger partial charge in [0.25, 0.3) is 5.91 Å². The molecule has 0 aliphatic carbocycles. The van der Waals surface area contributed by atoms with Crippen molar-refractivity contribution in [1.82, 2.24) is 9.47 Å². The van der Waals surface area contributed by atoms with Crippen molar-refractivity contribution in [2.45, 2.75) is 45.6 Å². The molecule has 1 saturated heterocycles. The Balaban J connectivity index is 1.74. The van der Waals surface area contributed by atoms with Gasteiger partial charge in [-0.2, -0.15) is 0 Å². The number of carbonyl (C=O) groups is 1.